The van der Waals surface area contributed by atoms with Gasteiger partial charge in [0.05, 0.1) is 12.3 Å². The number of aromatic nitrogens is 2. The van der Waals surface area contributed by atoms with Gasteiger partial charge in [-0.3, -0.25) is 9.48 Å². The standard InChI is InChI=1S/C17H21N3O2/c1-12-8-13(2)20(19-12)11-17(21)18-10-14-5-6-16-15(9-14)4-3-7-22-16/h5-6,8-9H,3-4,7,10-11H2,1-2H3,(H,18,21). The molecular weight excluding hydrogens is 278 g/mol. The smallest absolute Gasteiger partial charge is 0.242 e. The first-order valence-corrected chi connectivity index (χ1v) is 7.64. The van der Waals surface area contributed by atoms with Crippen molar-refractivity contribution in [3.05, 3.63) is 46.8 Å². The minimum absolute atomic E-state index is 0.0276. The van der Waals surface area contributed by atoms with Crippen LogP contribution in [0.5, 0.6) is 5.75 Å². The van der Waals surface area contributed by atoms with Crippen LogP contribution in [0.3, 0.4) is 0 Å². The molecule has 5 nitrogen and oxygen atoms in total. The maximum Gasteiger partial charge on any atom is 0.242 e. The zero-order valence-electron chi connectivity index (χ0n) is 13.1. The summed E-state index contributed by atoms with van der Waals surface area (Å²) in [7, 11) is 0. The molecule has 1 aliphatic rings. The second kappa shape index (κ2) is 6.22. The fourth-order valence-corrected chi connectivity index (χ4v) is 2.75. The van der Waals surface area contributed by atoms with Gasteiger partial charge in [0.15, 0.2) is 0 Å². The van der Waals surface area contributed by atoms with Crippen molar-refractivity contribution >= 4 is 5.91 Å². The summed E-state index contributed by atoms with van der Waals surface area (Å²) in [5.41, 5.74) is 4.26. The van der Waals surface area contributed by atoms with Crippen LogP contribution in [0.15, 0.2) is 24.3 Å². The summed E-state index contributed by atoms with van der Waals surface area (Å²) in [4.78, 5) is 12.0. The number of nitrogens with zero attached hydrogens (tertiary/aromatic N) is 2. The van der Waals surface area contributed by atoms with Crippen molar-refractivity contribution in [3.63, 3.8) is 0 Å². The fourth-order valence-electron chi connectivity index (χ4n) is 2.75. The molecule has 0 fully saturated rings. The van der Waals surface area contributed by atoms with Gasteiger partial charge in [0.25, 0.3) is 0 Å². The molecule has 0 unspecified atom stereocenters. The summed E-state index contributed by atoms with van der Waals surface area (Å²) >= 11 is 0. The molecule has 1 N–H and O–H groups in total. The fraction of sp³-hybridized carbons (Fsp3) is 0.412. The van der Waals surface area contributed by atoms with Crippen molar-refractivity contribution in [2.24, 2.45) is 0 Å². The van der Waals surface area contributed by atoms with Crippen LogP contribution in [0.2, 0.25) is 0 Å². The molecule has 0 bridgehead atoms. The van der Waals surface area contributed by atoms with Crippen LogP contribution in [0, 0.1) is 13.8 Å². The first-order valence-electron chi connectivity index (χ1n) is 7.64. The summed E-state index contributed by atoms with van der Waals surface area (Å²) in [6.07, 6.45) is 2.10. The van der Waals surface area contributed by atoms with Crippen LogP contribution in [0.4, 0.5) is 0 Å². The normalized spacial score (nSPS) is 13.4. The van der Waals surface area contributed by atoms with E-state index < -0.39 is 0 Å². The van der Waals surface area contributed by atoms with Gasteiger partial charge in [-0.05, 0) is 49.9 Å². The number of carbonyl (C=O) groups is 1. The lowest BCUT2D eigenvalue weighted by Gasteiger charge is -2.18. The van der Waals surface area contributed by atoms with Crippen molar-refractivity contribution in [2.45, 2.75) is 39.8 Å². The maximum absolute atomic E-state index is 12.0. The summed E-state index contributed by atoms with van der Waals surface area (Å²) in [5.74, 6) is 0.948. The Morgan fingerprint density at radius 2 is 2.23 bits per heavy atom. The molecule has 0 radical (unpaired) electrons. The molecule has 22 heavy (non-hydrogen) atoms. The highest BCUT2D eigenvalue weighted by molar-refractivity contribution is 5.75. The zero-order chi connectivity index (χ0) is 15.5. The molecule has 116 valence electrons. The van der Waals surface area contributed by atoms with E-state index in [1.54, 1.807) is 4.68 Å². The predicted octanol–water partition coefficient (Wildman–Crippen LogP) is 2.14. The van der Waals surface area contributed by atoms with Gasteiger partial charge >= 0.3 is 0 Å². The number of benzene rings is 1. The van der Waals surface area contributed by atoms with Crippen molar-refractivity contribution in [1.82, 2.24) is 15.1 Å². The second-order valence-corrected chi connectivity index (χ2v) is 5.76. The zero-order valence-corrected chi connectivity index (χ0v) is 13.1. The van der Waals surface area contributed by atoms with Gasteiger partial charge in [-0.25, -0.2) is 0 Å². The molecule has 1 amide bonds. The van der Waals surface area contributed by atoms with E-state index in [0.717, 1.165) is 42.1 Å². The van der Waals surface area contributed by atoms with Crippen LogP contribution in [0.25, 0.3) is 0 Å². The first-order chi connectivity index (χ1) is 10.6. The van der Waals surface area contributed by atoms with Gasteiger partial charge in [0.1, 0.15) is 12.3 Å². The summed E-state index contributed by atoms with van der Waals surface area (Å²) in [6.45, 7) is 5.47. The Hall–Kier alpha value is -2.30. The molecule has 0 spiro atoms. The Balaban J connectivity index is 1.58. The Bertz CT molecular complexity index is 691. The van der Waals surface area contributed by atoms with Gasteiger partial charge in [-0.1, -0.05) is 12.1 Å². The predicted molar refractivity (Wildman–Crippen MR) is 83.8 cm³/mol. The lowest BCUT2D eigenvalue weighted by Crippen LogP contribution is -2.28. The average molecular weight is 299 g/mol. The quantitative estimate of drug-likeness (QED) is 0.941. The van der Waals surface area contributed by atoms with Crippen molar-refractivity contribution < 1.29 is 9.53 Å². The summed E-state index contributed by atoms with van der Waals surface area (Å²) in [5, 5.41) is 7.25. The summed E-state index contributed by atoms with van der Waals surface area (Å²) < 4.78 is 7.33. The van der Waals surface area contributed by atoms with Gasteiger partial charge in [0.2, 0.25) is 5.91 Å². The van der Waals surface area contributed by atoms with Gasteiger partial charge in [0, 0.05) is 12.2 Å². The van der Waals surface area contributed by atoms with Gasteiger partial charge in [-0.15, -0.1) is 0 Å². The minimum atomic E-state index is -0.0276. The average Bonchev–Trinajstić information content (AvgIpc) is 2.82. The molecule has 1 aliphatic heterocycles. The van der Waals surface area contributed by atoms with Crippen molar-refractivity contribution in [2.75, 3.05) is 6.61 Å². The lowest BCUT2D eigenvalue weighted by atomic mass is 10.0. The van der Waals surface area contributed by atoms with Crippen molar-refractivity contribution in [3.8, 4) is 5.75 Å². The highest BCUT2D eigenvalue weighted by Gasteiger charge is 2.11. The SMILES string of the molecule is Cc1cc(C)n(CC(=O)NCc2ccc3c(c2)CCCO3)n1. The number of carbonyl (C=O) groups excluding carboxylic acids is 1. The van der Waals surface area contributed by atoms with Crippen molar-refractivity contribution in [1.29, 1.82) is 0 Å². The number of hydrogen-bond acceptors (Lipinski definition) is 3. The largest absolute Gasteiger partial charge is 0.493 e. The van der Waals surface area contributed by atoms with Crippen LogP contribution in [0.1, 0.15) is 28.9 Å². The maximum atomic E-state index is 12.0. The summed E-state index contributed by atoms with van der Waals surface area (Å²) in [6, 6.07) is 8.10. The van der Waals surface area contributed by atoms with E-state index in [0.29, 0.717) is 6.54 Å². The van der Waals surface area contributed by atoms with E-state index in [1.807, 2.05) is 32.0 Å². The number of aryl methyl sites for hydroxylation is 3. The van der Waals surface area contributed by atoms with E-state index in [4.69, 9.17) is 4.74 Å². The third-order valence-corrected chi connectivity index (χ3v) is 3.86. The third-order valence-electron chi connectivity index (χ3n) is 3.86. The monoisotopic (exact) mass is 299 g/mol. The highest BCUT2D eigenvalue weighted by Crippen LogP contribution is 2.25. The molecule has 0 atom stereocenters. The van der Waals surface area contributed by atoms with E-state index >= 15 is 0 Å². The number of fused-ring (bicyclic) bond motifs is 1. The van der Waals surface area contributed by atoms with E-state index in [1.165, 1.54) is 5.56 Å². The Morgan fingerprint density at radius 1 is 1.36 bits per heavy atom. The molecule has 5 heteroatoms. The van der Waals surface area contributed by atoms with E-state index in [-0.39, 0.29) is 12.5 Å². The van der Waals surface area contributed by atoms with Crippen LogP contribution < -0.4 is 10.1 Å². The molecule has 1 aromatic carbocycles. The number of ether oxygens (including phenoxy) is 1. The second-order valence-electron chi connectivity index (χ2n) is 5.76. The Morgan fingerprint density at radius 3 is 3.00 bits per heavy atom. The van der Waals surface area contributed by atoms with E-state index in [2.05, 4.69) is 16.5 Å². The molecule has 0 aliphatic carbocycles. The molecule has 3 rings (SSSR count). The Labute approximate surface area is 130 Å². The number of hydrogen-bond donors (Lipinski definition) is 1. The van der Waals surface area contributed by atoms with Crippen LogP contribution >= 0.6 is 0 Å². The number of amides is 1. The van der Waals surface area contributed by atoms with Gasteiger partial charge in [-0.2, -0.15) is 5.10 Å². The highest BCUT2D eigenvalue weighted by atomic mass is 16.5. The molecule has 1 aromatic heterocycles. The number of rotatable bonds is 4. The molecule has 2 heterocycles. The molecule has 0 saturated carbocycles. The lowest BCUT2D eigenvalue weighted by molar-refractivity contribution is -0.122. The molecule has 0 saturated heterocycles. The minimum Gasteiger partial charge on any atom is -0.493 e. The third kappa shape index (κ3) is 3.30. The number of nitrogens with one attached hydrogen (secondary N) is 1. The molecular formula is C17H21N3O2. The topological polar surface area (TPSA) is 56.2 Å². The van der Waals surface area contributed by atoms with Gasteiger partial charge < -0.3 is 10.1 Å². The van der Waals surface area contributed by atoms with E-state index in [9.17, 15) is 4.79 Å². The van der Waals surface area contributed by atoms with Crippen LogP contribution in [-0.2, 0) is 24.3 Å². The molecule has 2 aromatic rings. The first kappa shape index (κ1) is 14.6. The van der Waals surface area contributed by atoms with Crippen LogP contribution in [-0.4, -0.2) is 22.3 Å². The Kier molecular flexibility index (Phi) is 4.13.